The van der Waals surface area contributed by atoms with Crippen LogP contribution in [0.4, 0.5) is 0 Å². The predicted octanol–water partition coefficient (Wildman–Crippen LogP) is 11.7. The molecular weight excluding hydrogens is 763 g/mol. The van der Waals surface area contributed by atoms with E-state index in [1.165, 1.54) is 54.2 Å². The summed E-state index contributed by atoms with van der Waals surface area (Å²) in [6.07, 6.45) is 4.91. The number of hydrogen-bond acceptors (Lipinski definition) is 4. The summed E-state index contributed by atoms with van der Waals surface area (Å²) < 4.78 is 1.37. The Bertz CT molecular complexity index is 1890. The Kier molecular flexibility index (Phi) is 11.5. The van der Waals surface area contributed by atoms with E-state index in [-0.39, 0.29) is 48.9 Å². The molecule has 0 amide bonds. The molecule has 0 saturated carbocycles. The molecule has 0 aliphatic heterocycles. The maximum absolute atomic E-state index is 11.7. The Balaban J connectivity index is 0.000000259. The number of carbonyl (C=O) groups is 1. The van der Waals surface area contributed by atoms with Crippen LogP contribution in [-0.4, -0.2) is 15.9 Å². The van der Waals surface area contributed by atoms with E-state index in [0.717, 1.165) is 42.5 Å². The minimum absolute atomic E-state index is 0. The predicted molar refractivity (Wildman–Crippen MR) is 192 cm³/mol. The molecule has 3 aromatic carbocycles. The fourth-order valence-corrected chi connectivity index (χ4v) is 8.43. The first-order chi connectivity index (χ1) is 21.5. The van der Waals surface area contributed by atoms with Crippen LogP contribution in [0.5, 0.6) is 0 Å². The quantitative estimate of drug-likeness (QED) is 0.0965. The molecule has 0 saturated heterocycles. The van der Waals surface area contributed by atoms with Gasteiger partial charge < -0.3 is 5.11 Å². The third-order valence-electron chi connectivity index (χ3n) is 9.58. The molecule has 46 heavy (non-hydrogen) atoms. The van der Waals surface area contributed by atoms with Crippen LogP contribution in [-0.2, 0) is 30.3 Å². The molecule has 3 nitrogen and oxygen atoms in total. The van der Waals surface area contributed by atoms with Gasteiger partial charge in [0.2, 0.25) is 0 Å². The number of benzene rings is 3. The smallest absolute Gasteiger partial charge is 0.162 e. The molecule has 1 aliphatic rings. The number of aromatic nitrogens is 1. The molecule has 0 unspecified atom stereocenters. The van der Waals surface area contributed by atoms with Gasteiger partial charge in [-0.3, -0.25) is 9.78 Å². The molecule has 5 aromatic rings. The van der Waals surface area contributed by atoms with E-state index in [0.29, 0.717) is 0 Å². The fourth-order valence-electron chi connectivity index (χ4n) is 7.03. The zero-order valence-corrected chi connectivity index (χ0v) is 31.6. The number of allylic oxidation sites excluding steroid dienone is 2. The zero-order valence-electron chi connectivity index (χ0n) is 28.4. The van der Waals surface area contributed by atoms with E-state index in [9.17, 15) is 9.90 Å². The van der Waals surface area contributed by atoms with Crippen molar-refractivity contribution in [1.29, 1.82) is 0 Å². The average molecular weight is 809 g/mol. The average Bonchev–Trinajstić information content (AvgIpc) is 3.52. The molecule has 0 fully saturated rings. The van der Waals surface area contributed by atoms with Gasteiger partial charge in [-0.1, -0.05) is 83.5 Å². The van der Waals surface area contributed by atoms with Crippen molar-refractivity contribution in [3.63, 3.8) is 0 Å². The van der Waals surface area contributed by atoms with Crippen molar-refractivity contribution in [2.24, 2.45) is 11.8 Å². The number of aliphatic hydroxyl groups is 1. The minimum atomic E-state index is -0.0868. The molecule has 0 spiro atoms. The molecule has 2 heterocycles. The second-order valence-corrected chi connectivity index (χ2v) is 14.0. The molecule has 2 aromatic heterocycles. The van der Waals surface area contributed by atoms with Crippen LogP contribution in [0.3, 0.4) is 0 Å². The van der Waals surface area contributed by atoms with Crippen molar-refractivity contribution < 1.29 is 30.0 Å². The third-order valence-corrected chi connectivity index (χ3v) is 10.8. The summed E-state index contributed by atoms with van der Waals surface area (Å²) in [5.74, 6) is 0.547. The van der Waals surface area contributed by atoms with Gasteiger partial charge in [0.25, 0.3) is 0 Å². The zero-order chi connectivity index (χ0) is 32.5. The number of carbonyl (C=O) groups excluding carboxylic acids is 1. The van der Waals surface area contributed by atoms with Gasteiger partial charge in [-0.05, 0) is 84.8 Å². The maximum atomic E-state index is 11.7. The van der Waals surface area contributed by atoms with Crippen LogP contribution in [0.2, 0.25) is 0 Å². The second-order valence-electron chi connectivity index (χ2n) is 12.9. The van der Waals surface area contributed by atoms with Gasteiger partial charge in [0, 0.05) is 53.0 Å². The summed E-state index contributed by atoms with van der Waals surface area (Å²) in [6, 6.07) is 25.4. The molecular formula is C41H46IrNO2S-. The van der Waals surface area contributed by atoms with Crippen molar-refractivity contribution in [1.82, 2.24) is 4.98 Å². The number of pyridine rings is 1. The van der Waals surface area contributed by atoms with Crippen molar-refractivity contribution >= 4 is 38.1 Å². The standard InChI is InChI=1S/C28H22NS.C13H24O2.Ir/c1-16-14-17(2)18-12-13-22(29-23(18)15-16)19-9-7-10-21-25(19)28(3,4)26-20-8-5-6-11-24(20)30-27(21)26;1-5-10(6-2)12(14)9-13(15)11(7-3)8-4;/h5-8,10-15H,1-4H3;9-11,14H,5-8H2,1-4H3;/q-1;;/b;12-9-;. The Morgan fingerprint density at radius 1 is 0.913 bits per heavy atom. The van der Waals surface area contributed by atoms with Gasteiger partial charge in [0.05, 0.1) is 11.3 Å². The van der Waals surface area contributed by atoms with Crippen molar-refractivity contribution in [2.45, 2.75) is 86.5 Å². The summed E-state index contributed by atoms with van der Waals surface area (Å²) >= 11 is 1.91. The Labute approximate surface area is 292 Å². The molecule has 6 rings (SSSR count). The number of fused-ring (bicyclic) bond motifs is 6. The SMILES string of the molecule is CCC(CC)C(=O)/C=C(\O)C(CC)CC.Cc1cc(C)c2ccc(-c3[c-]ccc4c3C(C)(C)c3c-4sc4ccccc34)nc2c1.[Ir]. The normalized spacial score (nSPS) is 13.4. The van der Waals surface area contributed by atoms with E-state index in [1.54, 1.807) is 0 Å². The van der Waals surface area contributed by atoms with Gasteiger partial charge in [-0.25, -0.2) is 0 Å². The second kappa shape index (κ2) is 14.8. The molecule has 243 valence electrons. The number of thiophene rings is 1. The maximum Gasteiger partial charge on any atom is 0.162 e. The first-order valence-electron chi connectivity index (χ1n) is 16.5. The number of nitrogens with zero attached hydrogens (tertiary/aromatic N) is 1. The Morgan fingerprint density at radius 2 is 1.59 bits per heavy atom. The molecule has 1 N–H and O–H groups in total. The summed E-state index contributed by atoms with van der Waals surface area (Å²) in [6.45, 7) is 17.1. The molecule has 5 heteroatoms. The molecule has 0 atom stereocenters. The van der Waals surface area contributed by atoms with E-state index >= 15 is 0 Å². The summed E-state index contributed by atoms with van der Waals surface area (Å²) in [4.78, 5) is 18.2. The van der Waals surface area contributed by atoms with Gasteiger partial charge >= 0.3 is 0 Å². The van der Waals surface area contributed by atoms with Crippen LogP contribution in [0, 0.1) is 31.7 Å². The van der Waals surface area contributed by atoms with Gasteiger partial charge in [-0.15, -0.1) is 40.7 Å². The Hall–Kier alpha value is -3.11. The van der Waals surface area contributed by atoms with Crippen molar-refractivity contribution in [2.75, 3.05) is 0 Å². The molecule has 0 bridgehead atoms. The number of aryl methyl sites for hydroxylation is 2. The first kappa shape index (κ1) is 35.7. The molecule has 1 radical (unpaired) electrons. The van der Waals surface area contributed by atoms with Crippen LogP contribution < -0.4 is 0 Å². The van der Waals surface area contributed by atoms with Gasteiger partial charge in [-0.2, -0.15) is 0 Å². The monoisotopic (exact) mass is 809 g/mol. The largest absolute Gasteiger partial charge is 0.512 e. The van der Waals surface area contributed by atoms with Crippen molar-refractivity contribution in [3.05, 3.63) is 101 Å². The first-order valence-corrected chi connectivity index (χ1v) is 17.3. The third kappa shape index (κ3) is 6.65. The van der Waals surface area contributed by atoms with E-state index in [2.05, 4.69) is 94.4 Å². The Morgan fingerprint density at radius 3 is 2.26 bits per heavy atom. The van der Waals surface area contributed by atoms with E-state index in [1.807, 2.05) is 39.0 Å². The van der Waals surface area contributed by atoms with Gasteiger partial charge in [0.15, 0.2) is 5.78 Å². The number of rotatable bonds is 8. The summed E-state index contributed by atoms with van der Waals surface area (Å²) in [5.41, 5.74) is 9.79. The minimum Gasteiger partial charge on any atom is -0.512 e. The number of aliphatic hydroxyl groups excluding tert-OH is 1. The number of hydrogen-bond donors (Lipinski definition) is 1. The van der Waals surface area contributed by atoms with Crippen LogP contribution >= 0.6 is 11.3 Å². The van der Waals surface area contributed by atoms with Crippen LogP contribution in [0.25, 0.3) is 42.7 Å². The number of ketones is 1. The fraction of sp³-hybridized carbons (Fsp3) is 0.366. The summed E-state index contributed by atoms with van der Waals surface area (Å²) in [5, 5.41) is 12.4. The van der Waals surface area contributed by atoms with Gasteiger partial charge in [0.1, 0.15) is 0 Å². The summed E-state index contributed by atoms with van der Waals surface area (Å²) in [7, 11) is 0. The van der Waals surface area contributed by atoms with Crippen molar-refractivity contribution in [3.8, 4) is 21.7 Å². The van der Waals surface area contributed by atoms with E-state index in [4.69, 9.17) is 4.98 Å². The van der Waals surface area contributed by atoms with Crippen LogP contribution in [0.15, 0.2) is 72.5 Å². The topological polar surface area (TPSA) is 50.2 Å². The van der Waals surface area contributed by atoms with Crippen LogP contribution in [0.1, 0.15) is 89.5 Å². The molecule has 1 aliphatic carbocycles. The van der Waals surface area contributed by atoms with E-state index < -0.39 is 0 Å².